The third kappa shape index (κ3) is 1.93. The molecule has 3 nitrogen and oxygen atoms in total. The van der Waals surface area contributed by atoms with Gasteiger partial charge in [0.25, 0.3) is 5.91 Å². The van der Waals surface area contributed by atoms with Crippen molar-refractivity contribution in [3.63, 3.8) is 0 Å². The van der Waals surface area contributed by atoms with Crippen LogP contribution in [0.15, 0.2) is 6.07 Å². The number of carbonyl (C=O) groups is 1. The number of hydrogen-bond acceptors (Lipinski definition) is 3. The molecule has 1 aromatic heterocycles. The Morgan fingerprint density at radius 1 is 1.37 bits per heavy atom. The lowest BCUT2D eigenvalue weighted by Gasteiger charge is -2.22. The van der Waals surface area contributed by atoms with E-state index >= 15 is 0 Å². The van der Waals surface area contributed by atoms with E-state index in [0.29, 0.717) is 5.41 Å². The van der Waals surface area contributed by atoms with Crippen LogP contribution in [0.3, 0.4) is 0 Å². The van der Waals surface area contributed by atoms with Crippen LogP contribution in [0.25, 0.3) is 0 Å². The molecular formula is C15H20N2OS. The second-order valence-electron chi connectivity index (χ2n) is 6.32. The average Bonchev–Trinajstić information content (AvgIpc) is 3.13. The first kappa shape index (κ1) is 11.9. The van der Waals surface area contributed by atoms with Gasteiger partial charge < -0.3 is 10.2 Å². The summed E-state index contributed by atoms with van der Waals surface area (Å²) in [5, 5.41) is 3.45. The van der Waals surface area contributed by atoms with E-state index in [0.717, 1.165) is 31.1 Å². The van der Waals surface area contributed by atoms with Gasteiger partial charge >= 0.3 is 0 Å². The highest BCUT2D eigenvalue weighted by Gasteiger charge is 2.42. The Bertz CT molecular complexity index is 495. The molecule has 4 rings (SSSR count). The fourth-order valence-corrected chi connectivity index (χ4v) is 5.06. The van der Waals surface area contributed by atoms with Gasteiger partial charge in [-0.1, -0.05) is 0 Å². The van der Waals surface area contributed by atoms with Crippen molar-refractivity contribution < 1.29 is 4.79 Å². The Labute approximate surface area is 118 Å². The normalized spacial score (nSPS) is 29.4. The van der Waals surface area contributed by atoms with E-state index in [1.165, 1.54) is 42.5 Å². The molecule has 1 unspecified atom stereocenters. The molecule has 1 atom stereocenters. The van der Waals surface area contributed by atoms with Gasteiger partial charge in [-0.25, -0.2) is 0 Å². The zero-order valence-electron chi connectivity index (χ0n) is 11.2. The Balaban J connectivity index is 1.51. The first-order valence-corrected chi connectivity index (χ1v) is 8.19. The highest BCUT2D eigenvalue weighted by atomic mass is 32.1. The van der Waals surface area contributed by atoms with E-state index in [2.05, 4.69) is 16.3 Å². The summed E-state index contributed by atoms with van der Waals surface area (Å²) in [5.41, 5.74) is 1.82. The number of likely N-dealkylation sites (tertiary alicyclic amines) is 1. The molecule has 2 saturated heterocycles. The van der Waals surface area contributed by atoms with Crippen LogP contribution >= 0.6 is 11.3 Å². The number of thiophene rings is 1. The van der Waals surface area contributed by atoms with Crippen LogP contribution in [0, 0.1) is 5.41 Å². The summed E-state index contributed by atoms with van der Waals surface area (Å²) in [6, 6.07) is 2.16. The molecule has 0 bridgehead atoms. The molecule has 2 fully saturated rings. The maximum absolute atomic E-state index is 12.6. The monoisotopic (exact) mass is 276 g/mol. The van der Waals surface area contributed by atoms with E-state index in [-0.39, 0.29) is 5.91 Å². The number of nitrogens with one attached hydrogen (secondary N) is 1. The first-order valence-electron chi connectivity index (χ1n) is 7.37. The Morgan fingerprint density at radius 2 is 2.32 bits per heavy atom. The van der Waals surface area contributed by atoms with Gasteiger partial charge in [0.1, 0.15) is 0 Å². The molecule has 0 radical (unpaired) electrons. The molecule has 1 spiro atoms. The van der Waals surface area contributed by atoms with Crippen LogP contribution in [-0.4, -0.2) is 37.0 Å². The minimum atomic E-state index is 0.281. The van der Waals surface area contributed by atoms with E-state index in [4.69, 9.17) is 0 Å². The number of rotatable bonds is 1. The summed E-state index contributed by atoms with van der Waals surface area (Å²) in [6.07, 6.45) is 6.04. The minimum Gasteiger partial charge on any atom is -0.337 e. The number of aryl methyl sites for hydroxylation is 2. The number of nitrogens with zero attached hydrogens (tertiary/aromatic N) is 1. The van der Waals surface area contributed by atoms with Crippen molar-refractivity contribution in [1.82, 2.24) is 10.2 Å². The van der Waals surface area contributed by atoms with Crippen LogP contribution in [0.2, 0.25) is 0 Å². The van der Waals surface area contributed by atoms with Gasteiger partial charge in [0.05, 0.1) is 4.88 Å². The van der Waals surface area contributed by atoms with Gasteiger partial charge in [-0.15, -0.1) is 11.3 Å². The van der Waals surface area contributed by atoms with Gasteiger partial charge in [0.2, 0.25) is 0 Å². The number of carbonyl (C=O) groups excluding carboxylic acids is 1. The summed E-state index contributed by atoms with van der Waals surface area (Å²) in [7, 11) is 0. The zero-order valence-corrected chi connectivity index (χ0v) is 12.0. The van der Waals surface area contributed by atoms with E-state index < -0.39 is 0 Å². The molecule has 1 amide bonds. The van der Waals surface area contributed by atoms with Crippen LogP contribution in [0.5, 0.6) is 0 Å². The molecule has 102 valence electrons. The van der Waals surface area contributed by atoms with Crippen molar-refractivity contribution in [2.24, 2.45) is 5.41 Å². The predicted octanol–water partition coefficient (Wildman–Crippen LogP) is 2.06. The largest absolute Gasteiger partial charge is 0.337 e. The fourth-order valence-electron chi connectivity index (χ4n) is 3.84. The summed E-state index contributed by atoms with van der Waals surface area (Å²) < 4.78 is 0. The highest BCUT2D eigenvalue weighted by molar-refractivity contribution is 7.14. The van der Waals surface area contributed by atoms with Crippen molar-refractivity contribution in [3.05, 3.63) is 21.4 Å². The molecule has 3 heterocycles. The third-order valence-corrected chi connectivity index (χ3v) is 6.24. The summed E-state index contributed by atoms with van der Waals surface area (Å²) in [5.74, 6) is 0.281. The number of fused-ring (bicyclic) bond motifs is 1. The summed E-state index contributed by atoms with van der Waals surface area (Å²) in [6.45, 7) is 4.12. The maximum atomic E-state index is 12.6. The van der Waals surface area contributed by atoms with Crippen molar-refractivity contribution in [1.29, 1.82) is 0 Å². The van der Waals surface area contributed by atoms with Crippen LogP contribution in [-0.2, 0) is 12.8 Å². The topological polar surface area (TPSA) is 32.3 Å². The third-order valence-electron chi connectivity index (χ3n) is 5.02. The second kappa shape index (κ2) is 4.32. The van der Waals surface area contributed by atoms with Crippen molar-refractivity contribution >= 4 is 17.2 Å². The number of amides is 1. The molecule has 1 aromatic rings. The van der Waals surface area contributed by atoms with Gasteiger partial charge in [0.15, 0.2) is 0 Å². The molecule has 1 aliphatic carbocycles. The lowest BCUT2D eigenvalue weighted by atomic mass is 9.87. The van der Waals surface area contributed by atoms with Gasteiger partial charge in [-0.05, 0) is 50.3 Å². The van der Waals surface area contributed by atoms with Crippen LogP contribution in [0.1, 0.15) is 39.4 Å². The van der Waals surface area contributed by atoms with Crippen molar-refractivity contribution in [3.8, 4) is 0 Å². The smallest absolute Gasteiger partial charge is 0.263 e. The fraction of sp³-hybridized carbons (Fsp3) is 0.667. The molecule has 2 aliphatic heterocycles. The molecular weight excluding hydrogens is 256 g/mol. The maximum Gasteiger partial charge on any atom is 0.263 e. The molecule has 3 aliphatic rings. The lowest BCUT2D eigenvalue weighted by molar-refractivity contribution is 0.0780. The Morgan fingerprint density at radius 3 is 3.11 bits per heavy atom. The van der Waals surface area contributed by atoms with Gasteiger partial charge in [-0.3, -0.25) is 4.79 Å². The van der Waals surface area contributed by atoms with Gasteiger partial charge in [-0.2, -0.15) is 0 Å². The average molecular weight is 276 g/mol. The van der Waals surface area contributed by atoms with Gasteiger partial charge in [0, 0.05) is 29.9 Å². The molecule has 0 saturated carbocycles. The molecule has 4 heteroatoms. The molecule has 19 heavy (non-hydrogen) atoms. The van der Waals surface area contributed by atoms with Crippen LogP contribution < -0.4 is 5.32 Å². The Hall–Kier alpha value is -0.870. The zero-order chi connectivity index (χ0) is 12.9. The minimum absolute atomic E-state index is 0.281. The summed E-state index contributed by atoms with van der Waals surface area (Å²) >= 11 is 1.74. The lowest BCUT2D eigenvalue weighted by Crippen LogP contribution is -2.32. The molecule has 1 N–H and O–H groups in total. The van der Waals surface area contributed by atoms with Crippen molar-refractivity contribution in [2.75, 3.05) is 26.2 Å². The second-order valence-corrected chi connectivity index (χ2v) is 7.45. The number of hydrogen-bond donors (Lipinski definition) is 1. The molecule has 0 aromatic carbocycles. The summed E-state index contributed by atoms with van der Waals surface area (Å²) in [4.78, 5) is 17.1. The van der Waals surface area contributed by atoms with E-state index in [1.807, 2.05) is 0 Å². The van der Waals surface area contributed by atoms with Crippen molar-refractivity contribution in [2.45, 2.75) is 32.1 Å². The quantitative estimate of drug-likeness (QED) is 0.851. The highest BCUT2D eigenvalue weighted by Crippen LogP contribution is 2.38. The Kier molecular flexibility index (Phi) is 2.71. The standard InChI is InChI=1S/C15H20N2OS/c18-14(13-8-11-2-1-3-12(11)19-13)17-7-5-15(10-17)4-6-16-9-15/h8,16H,1-7,9-10H2. The van der Waals surface area contributed by atoms with E-state index in [9.17, 15) is 4.79 Å². The SMILES string of the molecule is O=C(c1cc2c(s1)CCC2)N1CCC2(CCNC2)C1. The van der Waals surface area contributed by atoms with E-state index in [1.54, 1.807) is 11.3 Å². The predicted molar refractivity (Wildman–Crippen MR) is 76.8 cm³/mol. The first-order chi connectivity index (χ1) is 9.26. The van der Waals surface area contributed by atoms with Crippen LogP contribution in [0.4, 0.5) is 0 Å².